The number of carbonyl (C=O) groups excluding carboxylic acids is 1. The molecule has 0 radical (unpaired) electrons. The van der Waals surface area contributed by atoms with E-state index in [0.29, 0.717) is 18.8 Å². The van der Waals surface area contributed by atoms with E-state index in [1.807, 2.05) is 24.0 Å². The number of nitrogens with zero attached hydrogens (tertiary/aromatic N) is 3. The predicted molar refractivity (Wildman–Crippen MR) is 117 cm³/mol. The Bertz CT molecular complexity index is 1010. The second kappa shape index (κ2) is 8.59. The number of pyridine rings is 1. The lowest BCUT2D eigenvalue weighted by Gasteiger charge is -2.25. The second-order valence-electron chi connectivity index (χ2n) is 6.95. The van der Waals surface area contributed by atoms with Gasteiger partial charge in [0.1, 0.15) is 17.3 Å². The van der Waals surface area contributed by atoms with Gasteiger partial charge >= 0.3 is 0 Å². The summed E-state index contributed by atoms with van der Waals surface area (Å²) in [6.45, 7) is 3.23. The van der Waals surface area contributed by atoms with Crippen LogP contribution in [0.15, 0.2) is 47.1 Å². The van der Waals surface area contributed by atoms with Crippen LogP contribution in [-0.4, -0.2) is 39.9 Å². The average molecular weight is 475 g/mol. The molecule has 2 aromatic heterocycles. The van der Waals surface area contributed by atoms with Crippen LogP contribution in [-0.2, 0) is 0 Å². The Kier molecular flexibility index (Phi) is 5.91. The van der Waals surface area contributed by atoms with Crippen molar-refractivity contribution < 1.29 is 9.18 Å². The Morgan fingerprint density at radius 3 is 2.83 bits per heavy atom. The molecule has 1 unspecified atom stereocenters. The van der Waals surface area contributed by atoms with Crippen molar-refractivity contribution in [1.82, 2.24) is 14.9 Å². The molecule has 1 atom stereocenters. The first kappa shape index (κ1) is 20.0. The number of anilines is 1. The van der Waals surface area contributed by atoms with E-state index in [0.717, 1.165) is 38.6 Å². The van der Waals surface area contributed by atoms with Crippen LogP contribution in [0.1, 0.15) is 28.3 Å². The summed E-state index contributed by atoms with van der Waals surface area (Å²) in [5.41, 5.74) is 1.26. The maximum absolute atomic E-state index is 13.3. The molecule has 0 aliphatic carbocycles. The monoisotopic (exact) mass is 474 g/mol. The minimum Gasteiger partial charge on any atom is -0.368 e. The summed E-state index contributed by atoms with van der Waals surface area (Å²) < 4.78 is 14.2. The highest BCUT2D eigenvalue weighted by Crippen LogP contribution is 2.32. The van der Waals surface area contributed by atoms with Gasteiger partial charge in [0.2, 0.25) is 0 Å². The lowest BCUT2D eigenvalue weighted by Crippen LogP contribution is -2.40. The predicted octanol–water partition coefficient (Wildman–Crippen LogP) is 5.13. The van der Waals surface area contributed by atoms with E-state index >= 15 is 0 Å². The summed E-state index contributed by atoms with van der Waals surface area (Å²) >= 11 is 4.84. The molecule has 3 heterocycles. The topological polar surface area (TPSA) is 58.1 Å². The van der Waals surface area contributed by atoms with Crippen molar-refractivity contribution in [3.63, 3.8) is 0 Å². The molecule has 3 aromatic rings. The maximum atomic E-state index is 13.3. The third-order valence-corrected chi connectivity index (χ3v) is 6.42. The third-order valence-electron chi connectivity index (χ3n) is 4.93. The van der Waals surface area contributed by atoms with Crippen LogP contribution < -0.4 is 5.32 Å². The molecule has 1 aliphatic heterocycles. The van der Waals surface area contributed by atoms with Crippen LogP contribution >= 0.6 is 27.3 Å². The zero-order valence-electron chi connectivity index (χ0n) is 15.9. The molecule has 0 saturated carbocycles. The highest BCUT2D eigenvalue weighted by Gasteiger charge is 2.32. The molecular formula is C21H20BrFN4OS. The van der Waals surface area contributed by atoms with Gasteiger partial charge in [-0.05, 0) is 65.5 Å². The van der Waals surface area contributed by atoms with E-state index in [9.17, 15) is 9.18 Å². The molecule has 0 spiro atoms. The molecule has 1 saturated heterocycles. The molecule has 1 fully saturated rings. The molecule has 1 aromatic carbocycles. The molecule has 1 aliphatic rings. The first-order valence-electron chi connectivity index (χ1n) is 9.41. The van der Waals surface area contributed by atoms with E-state index in [1.54, 1.807) is 18.3 Å². The van der Waals surface area contributed by atoms with Crippen molar-refractivity contribution in [1.29, 1.82) is 0 Å². The van der Waals surface area contributed by atoms with E-state index in [-0.39, 0.29) is 17.8 Å². The molecule has 150 valence electrons. The van der Waals surface area contributed by atoms with Crippen molar-refractivity contribution in [2.24, 2.45) is 0 Å². The zero-order valence-corrected chi connectivity index (χ0v) is 18.3. The lowest BCUT2D eigenvalue weighted by molar-refractivity contribution is 0.0739. The number of amides is 1. The van der Waals surface area contributed by atoms with Crippen molar-refractivity contribution in [2.45, 2.75) is 25.8 Å². The number of carbonyl (C=O) groups is 1. The Morgan fingerprint density at radius 1 is 1.31 bits per heavy atom. The molecule has 4 rings (SSSR count). The van der Waals surface area contributed by atoms with Gasteiger partial charge in [0.25, 0.3) is 5.91 Å². The standard InChI is InChI=1S/C21H20BrFN4OS/c1-13-26-19(20(29-13)14-4-7-16(23)8-5-14)21(28)27-10-2-3-17(27)12-25-18-9-6-15(22)11-24-18/h4-9,11,17H,2-3,10,12H2,1H3,(H,24,25). The number of benzene rings is 1. The summed E-state index contributed by atoms with van der Waals surface area (Å²) in [5, 5.41) is 4.14. The van der Waals surface area contributed by atoms with Crippen molar-refractivity contribution in [3.8, 4) is 10.4 Å². The Balaban J connectivity index is 1.52. The number of aromatic nitrogens is 2. The molecule has 5 nitrogen and oxygen atoms in total. The molecule has 1 N–H and O–H groups in total. The minimum atomic E-state index is -0.296. The normalized spacial score (nSPS) is 16.2. The fourth-order valence-corrected chi connectivity index (χ4v) is 4.67. The van der Waals surface area contributed by atoms with Gasteiger partial charge in [-0.1, -0.05) is 12.1 Å². The van der Waals surface area contributed by atoms with Crippen LogP contribution in [0.4, 0.5) is 10.2 Å². The summed E-state index contributed by atoms with van der Waals surface area (Å²) in [5.74, 6) is 0.417. The van der Waals surface area contributed by atoms with E-state index < -0.39 is 0 Å². The highest BCUT2D eigenvalue weighted by molar-refractivity contribution is 9.10. The van der Waals surface area contributed by atoms with Crippen molar-refractivity contribution in [3.05, 3.63) is 63.6 Å². The van der Waals surface area contributed by atoms with Crippen LogP contribution in [0, 0.1) is 12.7 Å². The molecule has 1 amide bonds. The van der Waals surface area contributed by atoms with Crippen LogP contribution in [0.25, 0.3) is 10.4 Å². The fourth-order valence-electron chi connectivity index (χ4n) is 3.52. The Hall–Kier alpha value is -2.32. The number of nitrogens with one attached hydrogen (secondary N) is 1. The van der Waals surface area contributed by atoms with Gasteiger partial charge in [-0.2, -0.15) is 0 Å². The number of likely N-dealkylation sites (tertiary alicyclic amines) is 1. The number of hydrogen-bond donors (Lipinski definition) is 1. The Morgan fingerprint density at radius 2 is 2.10 bits per heavy atom. The molecule has 0 bridgehead atoms. The van der Waals surface area contributed by atoms with Gasteiger partial charge in [-0.25, -0.2) is 14.4 Å². The van der Waals surface area contributed by atoms with Gasteiger partial charge in [0.15, 0.2) is 0 Å². The summed E-state index contributed by atoms with van der Waals surface area (Å²) in [7, 11) is 0. The highest BCUT2D eigenvalue weighted by atomic mass is 79.9. The van der Waals surface area contributed by atoms with Crippen LogP contribution in [0.2, 0.25) is 0 Å². The number of thiazole rings is 1. The SMILES string of the molecule is Cc1nc(C(=O)N2CCCC2CNc2ccc(Br)cn2)c(-c2ccc(F)cc2)s1. The number of halogens is 2. The summed E-state index contributed by atoms with van der Waals surface area (Å²) in [4.78, 5) is 24.9. The first-order chi connectivity index (χ1) is 14.0. The number of rotatable bonds is 5. The van der Waals surface area contributed by atoms with Gasteiger partial charge in [0, 0.05) is 29.8 Å². The van der Waals surface area contributed by atoms with Crippen molar-refractivity contribution in [2.75, 3.05) is 18.4 Å². The number of hydrogen-bond acceptors (Lipinski definition) is 5. The van der Waals surface area contributed by atoms with Gasteiger partial charge in [-0.3, -0.25) is 4.79 Å². The van der Waals surface area contributed by atoms with Crippen LogP contribution in [0.5, 0.6) is 0 Å². The molecule has 29 heavy (non-hydrogen) atoms. The smallest absolute Gasteiger partial charge is 0.274 e. The van der Waals surface area contributed by atoms with Gasteiger partial charge in [0.05, 0.1) is 9.88 Å². The quantitative estimate of drug-likeness (QED) is 0.556. The molecule has 8 heteroatoms. The third kappa shape index (κ3) is 4.48. The van der Waals surface area contributed by atoms with Gasteiger partial charge < -0.3 is 10.2 Å². The zero-order chi connectivity index (χ0) is 20.4. The molecular weight excluding hydrogens is 455 g/mol. The largest absolute Gasteiger partial charge is 0.368 e. The Labute approximate surface area is 181 Å². The second-order valence-corrected chi connectivity index (χ2v) is 9.07. The average Bonchev–Trinajstić information content (AvgIpc) is 3.34. The fraction of sp³-hybridized carbons (Fsp3) is 0.286. The maximum Gasteiger partial charge on any atom is 0.274 e. The number of aryl methyl sites for hydroxylation is 1. The minimum absolute atomic E-state index is 0.0678. The summed E-state index contributed by atoms with van der Waals surface area (Å²) in [6.07, 6.45) is 3.64. The lowest BCUT2D eigenvalue weighted by atomic mass is 10.1. The van der Waals surface area contributed by atoms with E-state index in [2.05, 4.69) is 31.2 Å². The van der Waals surface area contributed by atoms with E-state index in [4.69, 9.17) is 0 Å². The van der Waals surface area contributed by atoms with Crippen LogP contribution in [0.3, 0.4) is 0 Å². The van der Waals surface area contributed by atoms with Crippen molar-refractivity contribution >= 4 is 39.0 Å². The van der Waals surface area contributed by atoms with Gasteiger partial charge in [-0.15, -0.1) is 11.3 Å². The van der Waals surface area contributed by atoms with E-state index in [1.165, 1.54) is 23.5 Å². The first-order valence-corrected chi connectivity index (χ1v) is 11.0. The summed E-state index contributed by atoms with van der Waals surface area (Å²) in [6, 6.07) is 10.1.